The fraction of sp³-hybridized carbons (Fsp3) is 0.565. The summed E-state index contributed by atoms with van der Waals surface area (Å²) in [4.78, 5) is 30.8. The first-order valence-corrected chi connectivity index (χ1v) is 11.3. The Kier molecular flexibility index (Phi) is 8.46. The number of halogens is 2. The maximum Gasteiger partial charge on any atom is 0.246 e. The number of aliphatic hydroxyl groups is 1. The molecule has 31 heavy (non-hydrogen) atoms. The van der Waals surface area contributed by atoms with Crippen LogP contribution in [0.25, 0.3) is 6.08 Å². The highest BCUT2D eigenvalue weighted by atomic mass is 35.5. The predicted molar refractivity (Wildman–Crippen MR) is 119 cm³/mol. The molecule has 2 fully saturated rings. The summed E-state index contributed by atoms with van der Waals surface area (Å²) in [5.41, 5.74) is 0.255. The molecule has 1 aromatic carbocycles. The van der Waals surface area contributed by atoms with Gasteiger partial charge < -0.3 is 14.9 Å². The van der Waals surface area contributed by atoms with Crippen molar-refractivity contribution in [2.75, 3.05) is 39.3 Å². The van der Waals surface area contributed by atoms with Crippen molar-refractivity contribution in [1.29, 1.82) is 0 Å². The molecule has 2 unspecified atom stereocenters. The third kappa shape index (κ3) is 6.51. The van der Waals surface area contributed by atoms with Crippen LogP contribution >= 0.6 is 11.6 Å². The molecule has 2 aliphatic rings. The van der Waals surface area contributed by atoms with Crippen molar-refractivity contribution < 1.29 is 19.1 Å². The number of nitrogens with zero attached hydrogens (tertiary/aromatic N) is 3. The second-order valence-electron chi connectivity index (χ2n) is 8.36. The average Bonchev–Trinajstić information content (AvgIpc) is 2.93. The van der Waals surface area contributed by atoms with Crippen molar-refractivity contribution >= 4 is 29.5 Å². The van der Waals surface area contributed by atoms with Crippen molar-refractivity contribution in [1.82, 2.24) is 14.7 Å². The van der Waals surface area contributed by atoms with Gasteiger partial charge in [0.2, 0.25) is 11.8 Å². The number of β-amino-alcohol motifs (C(OH)–C–C–N with tert-alkyl or cyclic N) is 1. The molecule has 2 heterocycles. The van der Waals surface area contributed by atoms with Crippen LogP contribution in [0.15, 0.2) is 24.3 Å². The maximum absolute atomic E-state index is 14.0. The molecule has 1 N–H and O–H groups in total. The molecule has 0 spiro atoms. The maximum atomic E-state index is 14.0. The Bertz CT molecular complexity index is 819. The quantitative estimate of drug-likeness (QED) is 0.675. The molecule has 0 saturated carbocycles. The third-order valence-electron chi connectivity index (χ3n) is 6.15. The first kappa shape index (κ1) is 23.7. The minimum absolute atomic E-state index is 0.0130. The number of amides is 2. The molecule has 1 aromatic rings. The van der Waals surface area contributed by atoms with Gasteiger partial charge in [0, 0.05) is 63.4 Å². The summed E-state index contributed by atoms with van der Waals surface area (Å²) in [5.74, 6) is -0.752. The highest BCUT2D eigenvalue weighted by Gasteiger charge is 2.25. The van der Waals surface area contributed by atoms with Crippen molar-refractivity contribution in [2.24, 2.45) is 0 Å². The molecule has 0 aliphatic carbocycles. The Hall–Kier alpha value is -1.96. The van der Waals surface area contributed by atoms with Gasteiger partial charge in [0.15, 0.2) is 0 Å². The van der Waals surface area contributed by atoms with Gasteiger partial charge in [-0.05, 0) is 38.3 Å². The zero-order chi connectivity index (χ0) is 22.4. The van der Waals surface area contributed by atoms with Crippen LogP contribution in [-0.2, 0) is 9.59 Å². The highest BCUT2D eigenvalue weighted by molar-refractivity contribution is 6.30. The first-order chi connectivity index (χ1) is 14.8. The van der Waals surface area contributed by atoms with E-state index in [2.05, 4.69) is 11.8 Å². The molecule has 0 aromatic heterocycles. The van der Waals surface area contributed by atoms with E-state index in [0.717, 1.165) is 25.8 Å². The van der Waals surface area contributed by atoms with Crippen molar-refractivity contribution in [3.05, 3.63) is 40.7 Å². The van der Waals surface area contributed by atoms with Gasteiger partial charge in [0.05, 0.1) is 11.1 Å². The minimum Gasteiger partial charge on any atom is -0.392 e. The van der Waals surface area contributed by atoms with Crippen molar-refractivity contribution in [3.63, 3.8) is 0 Å². The lowest BCUT2D eigenvalue weighted by Crippen LogP contribution is -2.45. The Morgan fingerprint density at radius 2 is 2.06 bits per heavy atom. The number of hydrogen-bond donors (Lipinski definition) is 1. The molecule has 2 saturated heterocycles. The molecular weight excluding hydrogens is 421 g/mol. The van der Waals surface area contributed by atoms with Gasteiger partial charge in [-0.1, -0.05) is 23.7 Å². The van der Waals surface area contributed by atoms with Gasteiger partial charge in [0.1, 0.15) is 5.82 Å². The molecule has 2 atom stereocenters. The lowest BCUT2D eigenvalue weighted by Gasteiger charge is -2.36. The summed E-state index contributed by atoms with van der Waals surface area (Å²) in [6.07, 6.45) is 5.45. The van der Waals surface area contributed by atoms with Crippen LogP contribution in [0.2, 0.25) is 5.02 Å². The number of piperidine rings is 1. The fourth-order valence-electron chi connectivity index (χ4n) is 4.17. The summed E-state index contributed by atoms with van der Waals surface area (Å²) in [5, 5.41) is 9.89. The van der Waals surface area contributed by atoms with E-state index < -0.39 is 5.82 Å². The van der Waals surface area contributed by atoms with Gasteiger partial charge in [-0.25, -0.2) is 4.39 Å². The summed E-state index contributed by atoms with van der Waals surface area (Å²) in [6.45, 7) is 5.65. The number of aliphatic hydroxyl groups excluding tert-OH is 1. The van der Waals surface area contributed by atoms with E-state index in [9.17, 15) is 19.1 Å². The zero-order valence-electron chi connectivity index (χ0n) is 18.0. The second kappa shape index (κ2) is 11.1. The Morgan fingerprint density at radius 3 is 2.87 bits per heavy atom. The molecule has 8 heteroatoms. The number of benzene rings is 1. The topological polar surface area (TPSA) is 64.1 Å². The van der Waals surface area contributed by atoms with Crippen molar-refractivity contribution in [3.8, 4) is 0 Å². The van der Waals surface area contributed by atoms with E-state index in [-0.39, 0.29) is 34.9 Å². The number of carbonyl (C=O) groups excluding carboxylic acids is 2. The van der Waals surface area contributed by atoms with Crippen LogP contribution in [0.1, 0.15) is 38.2 Å². The van der Waals surface area contributed by atoms with Crippen LogP contribution in [0.5, 0.6) is 0 Å². The van der Waals surface area contributed by atoms with Crippen LogP contribution in [0.3, 0.4) is 0 Å². The van der Waals surface area contributed by atoms with Crippen molar-refractivity contribution in [2.45, 2.75) is 44.8 Å². The van der Waals surface area contributed by atoms with E-state index in [1.807, 2.05) is 4.90 Å². The molecular formula is C23H31ClFN3O3. The zero-order valence-corrected chi connectivity index (χ0v) is 18.7. The third-order valence-corrected chi connectivity index (χ3v) is 6.44. The summed E-state index contributed by atoms with van der Waals surface area (Å²) in [6, 6.07) is 5.09. The Balaban J connectivity index is 1.49. The molecule has 6 nitrogen and oxygen atoms in total. The number of carbonyl (C=O) groups is 2. The minimum atomic E-state index is -0.555. The van der Waals surface area contributed by atoms with Gasteiger partial charge in [0.25, 0.3) is 0 Å². The normalized spacial score (nSPS) is 23.4. The summed E-state index contributed by atoms with van der Waals surface area (Å²) >= 11 is 5.78. The van der Waals surface area contributed by atoms with E-state index >= 15 is 0 Å². The predicted octanol–water partition coefficient (Wildman–Crippen LogP) is 2.79. The molecule has 0 bridgehead atoms. The van der Waals surface area contributed by atoms with Crippen LogP contribution in [0.4, 0.5) is 4.39 Å². The van der Waals surface area contributed by atoms with Crippen LogP contribution < -0.4 is 0 Å². The lowest BCUT2D eigenvalue weighted by molar-refractivity contribution is -0.130. The molecule has 2 aliphatic heterocycles. The Morgan fingerprint density at radius 1 is 1.26 bits per heavy atom. The fourth-order valence-corrected chi connectivity index (χ4v) is 4.36. The van der Waals surface area contributed by atoms with Crippen LogP contribution in [-0.4, -0.2) is 83.0 Å². The SMILES string of the molecule is CC1CCC(O)CN1CCCN1CCN(C(=O)C=Cc2cccc(Cl)c2F)CCC1=O. The monoisotopic (exact) mass is 451 g/mol. The number of hydrogen-bond acceptors (Lipinski definition) is 4. The van der Waals surface area contributed by atoms with E-state index in [0.29, 0.717) is 38.8 Å². The number of likely N-dealkylation sites (tertiary alicyclic amines) is 1. The average molecular weight is 452 g/mol. The summed E-state index contributed by atoms with van der Waals surface area (Å²) < 4.78 is 14.0. The summed E-state index contributed by atoms with van der Waals surface area (Å²) in [7, 11) is 0. The van der Waals surface area contributed by atoms with E-state index in [1.165, 1.54) is 18.2 Å². The van der Waals surface area contributed by atoms with Gasteiger partial charge in [-0.2, -0.15) is 0 Å². The van der Waals surface area contributed by atoms with Crippen LogP contribution in [0, 0.1) is 5.82 Å². The van der Waals surface area contributed by atoms with Gasteiger partial charge in [-0.3, -0.25) is 14.5 Å². The molecule has 3 rings (SSSR count). The lowest BCUT2D eigenvalue weighted by atomic mass is 10.0. The molecule has 0 radical (unpaired) electrons. The van der Waals surface area contributed by atoms with Gasteiger partial charge >= 0.3 is 0 Å². The standard InChI is InChI=1S/C23H31ClFN3O3/c1-17-6-8-19(29)16-28(17)12-3-11-26-14-15-27(13-10-22(26)31)21(30)9-7-18-4-2-5-20(24)23(18)25/h2,4-5,7,9,17,19,29H,3,6,8,10-16H2,1H3. The number of rotatable bonds is 6. The smallest absolute Gasteiger partial charge is 0.246 e. The van der Waals surface area contributed by atoms with Gasteiger partial charge in [-0.15, -0.1) is 0 Å². The first-order valence-electron chi connectivity index (χ1n) is 11.0. The second-order valence-corrected chi connectivity index (χ2v) is 8.77. The molecule has 170 valence electrons. The Labute approximate surface area is 188 Å². The molecule has 2 amide bonds. The highest BCUT2D eigenvalue weighted by Crippen LogP contribution is 2.19. The van der Waals surface area contributed by atoms with E-state index in [4.69, 9.17) is 11.6 Å². The largest absolute Gasteiger partial charge is 0.392 e. The van der Waals surface area contributed by atoms with E-state index in [1.54, 1.807) is 17.0 Å².